The van der Waals surface area contributed by atoms with Gasteiger partial charge in [-0.1, -0.05) is 18.9 Å². The van der Waals surface area contributed by atoms with E-state index in [-0.39, 0.29) is 0 Å². The molecule has 0 bridgehead atoms. The predicted octanol–water partition coefficient (Wildman–Crippen LogP) is 3.77. The highest BCUT2D eigenvalue weighted by Crippen LogP contribution is 2.49. The van der Waals surface area contributed by atoms with E-state index >= 15 is 0 Å². The van der Waals surface area contributed by atoms with E-state index in [2.05, 4.69) is 6.92 Å². The quantitative estimate of drug-likeness (QED) is 0.788. The van der Waals surface area contributed by atoms with Crippen LogP contribution in [0.5, 0.6) is 0 Å². The Bertz CT molecular complexity index is 432. The second kappa shape index (κ2) is 5.27. The summed E-state index contributed by atoms with van der Waals surface area (Å²) in [5.41, 5.74) is 2.86. The fraction of sp³-hybridized carbons (Fsp3) is 0.824. The lowest BCUT2D eigenvalue weighted by molar-refractivity contribution is -0.146. The highest BCUT2D eigenvalue weighted by atomic mass is 16.7. The molecule has 1 heterocycles. The van der Waals surface area contributed by atoms with Crippen molar-refractivity contribution in [2.45, 2.75) is 71.0 Å². The third-order valence-corrected chi connectivity index (χ3v) is 5.47. The van der Waals surface area contributed by atoms with Crippen LogP contribution in [0.2, 0.25) is 0 Å². The largest absolute Gasteiger partial charge is 0.348 e. The molecule has 1 saturated heterocycles. The zero-order valence-electron chi connectivity index (χ0n) is 12.8. The molecule has 1 atom stereocenters. The molecular formula is C17H26O3. The Kier molecular flexibility index (Phi) is 3.76. The van der Waals surface area contributed by atoms with Crippen LogP contribution in [-0.4, -0.2) is 24.8 Å². The van der Waals surface area contributed by atoms with E-state index in [1.807, 2.05) is 6.92 Å². The summed E-state index contributed by atoms with van der Waals surface area (Å²) in [6.07, 6.45) is 8.33. The molecule has 3 heteroatoms. The van der Waals surface area contributed by atoms with Crippen LogP contribution in [0.15, 0.2) is 11.1 Å². The standard InChI is InChI=1S/C17H26O3/c1-16-8-4-3-5-14(16)13(15(18)7-9-16)6-10-17(2)19-11-12-20-17/h3-12H2,1-2H3. The summed E-state index contributed by atoms with van der Waals surface area (Å²) in [6, 6.07) is 0. The van der Waals surface area contributed by atoms with Crippen LogP contribution in [0, 0.1) is 5.41 Å². The number of carbonyl (C=O) groups is 1. The Labute approximate surface area is 121 Å². The lowest BCUT2D eigenvalue weighted by Gasteiger charge is -2.41. The first kappa shape index (κ1) is 14.3. The van der Waals surface area contributed by atoms with Gasteiger partial charge in [-0.25, -0.2) is 0 Å². The summed E-state index contributed by atoms with van der Waals surface area (Å²) in [5, 5.41) is 0. The number of Topliss-reactive ketones (excluding diaryl/α,β-unsaturated/α-hetero) is 1. The fourth-order valence-corrected chi connectivity index (χ4v) is 4.11. The van der Waals surface area contributed by atoms with E-state index < -0.39 is 5.79 Å². The number of ketones is 1. The van der Waals surface area contributed by atoms with Crippen molar-refractivity contribution in [2.75, 3.05) is 13.2 Å². The molecule has 3 aliphatic rings. The van der Waals surface area contributed by atoms with Gasteiger partial charge in [-0.3, -0.25) is 4.79 Å². The number of carbonyl (C=O) groups excluding carboxylic acids is 1. The van der Waals surface area contributed by atoms with Crippen LogP contribution in [0.3, 0.4) is 0 Å². The Morgan fingerprint density at radius 1 is 1.05 bits per heavy atom. The van der Waals surface area contributed by atoms with Gasteiger partial charge in [0.25, 0.3) is 0 Å². The molecule has 1 unspecified atom stereocenters. The van der Waals surface area contributed by atoms with Crippen molar-refractivity contribution in [3.05, 3.63) is 11.1 Å². The zero-order chi connectivity index (χ0) is 14.2. The van der Waals surface area contributed by atoms with Crippen molar-refractivity contribution < 1.29 is 14.3 Å². The smallest absolute Gasteiger partial charge is 0.166 e. The summed E-state index contributed by atoms with van der Waals surface area (Å²) in [7, 11) is 0. The first-order valence-electron chi connectivity index (χ1n) is 8.06. The first-order chi connectivity index (χ1) is 9.53. The predicted molar refractivity (Wildman–Crippen MR) is 77.4 cm³/mol. The Hall–Kier alpha value is -0.670. The maximum atomic E-state index is 12.4. The van der Waals surface area contributed by atoms with E-state index in [0.29, 0.717) is 24.4 Å². The minimum absolute atomic E-state index is 0.291. The number of allylic oxidation sites excluding steroid dienone is 2. The number of rotatable bonds is 3. The van der Waals surface area contributed by atoms with Crippen molar-refractivity contribution >= 4 is 5.78 Å². The van der Waals surface area contributed by atoms with Gasteiger partial charge in [-0.15, -0.1) is 0 Å². The molecule has 0 aromatic heterocycles. The van der Waals surface area contributed by atoms with Crippen LogP contribution in [0.1, 0.15) is 65.2 Å². The topological polar surface area (TPSA) is 35.5 Å². The molecule has 2 aliphatic carbocycles. The average molecular weight is 278 g/mol. The molecule has 112 valence electrons. The second-order valence-electron chi connectivity index (χ2n) is 6.98. The van der Waals surface area contributed by atoms with Gasteiger partial charge in [0, 0.05) is 12.8 Å². The van der Waals surface area contributed by atoms with Gasteiger partial charge in [-0.2, -0.15) is 0 Å². The fourth-order valence-electron chi connectivity index (χ4n) is 4.11. The van der Waals surface area contributed by atoms with Crippen molar-refractivity contribution in [2.24, 2.45) is 5.41 Å². The monoisotopic (exact) mass is 278 g/mol. The van der Waals surface area contributed by atoms with Gasteiger partial charge < -0.3 is 9.47 Å². The van der Waals surface area contributed by atoms with E-state index in [1.54, 1.807) is 0 Å². The van der Waals surface area contributed by atoms with Crippen molar-refractivity contribution in [3.8, 4) is 0 Å². The van der Waals surface area contributed by atoms with Crippen LogP contribution in [0.4, 0.5) is 0 Å². The van der Waals surface area contributed by atoms with E-state index in [9.17, 15) is 4.79 Å². The number of ether oxygens (including phenoxy) is 2. The molecule has 1 aliphatic heterocycles. The molecule has 0 aromatic carbocycles. The minimum atomic E-state index is -0.476. The third kappa shape index (κ3) is 2.58. The molecule has 20 heavy (non-hydrogen) atoms. The molecule has 0 spiro atoms. The van der Waals surface area contributed by atoms with Crippen molar-refractivity contribution in [1.29, 1.82) is 0 Å². The maximum absolute atomic E-state index is 12.4. The molecule has 3 rings (SSSR count). The first-order valence-corrected chi connectivity index (χ1v) is 8.06. The molecule has 0 amide bonds. The minimum Gasteiger partial charge on any atom is -0.348 e. The molecule has 0 radical (unpaired) electrons. The molecule has 2 fully saturated rings. The van der Waals surface area contributed by atoms with Gasteiger partial charge in [0.2, 0.25) is 0 Å². The lowest BCUT2D eigenvalue weighted by atomic mass is 9.63. The molecule has 0 aromatic rings. The third-order valence-electron chi connectivity index (χ3n) is 5.47. The Morgan fingerprint density at radius 2 is 1.80 bits per heavy atom. The summed E-state index contributed by atoms with van der Waals surface area (Å²) >= 11 is 0. The van der Waals surface area contributed by atoms with Crippen LogP contribution in [0.25, 0.3) is 0 Å². The van der Waals surface area contributed by atoms with Gasteiger partial charge in [0.15, 0.2) is 11.6 Å². The SMILES string of the molecule is CC1(CCC2=C3CCCCC3(C)CCC2=O)OCCO1. The zero-order valence-corrected chi connectivity index (χ0v) is 12.8. The summed E-state index contributed by atoms with van der Waals surface area (Å²) in [6.45, 7) is 5.71. The number of fused-ring (bicyclic) bond motifs is 1. The second-order valence-corrected chi connectivity index (χ2v) is 6.98. The highest BCUT2D eigenvalue weighted by Gasteiger charge is 2.40. The van der Waals surface area contributed by atoms with E-state index in [4.69, 9.17) is 9.47 Å². The van der Waals surface area contributed by atoms with Crippen LogP contribution < -0.4 is 0 Å². The van der Waals surface area contributed by atoms with Crippen molar-refractivity contribution in [1.82, 2.24) is 0 Å². The number of hydrogen-bond acceptors (Lipinski definition) is 3. The van der Waals surface area contributed by atoms with E-state index in [0.717, 1.165) is 37.7 Å². The van der Waals surface area contributed by atoms with Gasteiger partial charge in [0.05, 0.1) is 13.2 Å². The molecule has 1 saturated carbocycles. The summed E-state index contributed by atoms with van der Waals surface area (Å²) in [4.78, 5) is 12.4. The molecule has 0 N–H and O–H groups in total. The Morgan fingerprint density at radius 3 is 2.55 bits per heavy atom. The number of hydrogen-bond donors (Lipinski definition) is 0. The van der Waals surface area contributed by atoms with Crippen molar-refractivity contribution in [3.63, 3.8) is 0 Å². The normalized spacial score (nSPS) is 33.4. The average Bonchev–Trinajstić information content (AvgIpc) is 2.85. The highest BCUT2D eigenvalue weighted by molar-refractivity contribution is 5.97. The van der Waals surface area contributed by atoms with E-state index in [1.165, 1.54) is 24.8 Å². The summed E-state index contributed by atoms with van der Waals surface area (Å²) in [5.74, 6) is -0.0999. The molecular weight excluding hydrogens is 252 g/mol. The van der Waals surface area contributed by atoms with Crippen LogP contribution in [-0.2, 0) is 14.3 Å². The summed E-state index contributed by atoms with van der Waals surface area (Å²) < 4.78 is 11.3. The maximum Gasteiger partial charge on any atom is 0.166 e. The lowest BCUT2D eigenvalue weighted by Crippen LogP contribution is -2.32. The Balaban J connectivity index is 1.79. The van der Waals surface area contributed by atoms with Gasteiger partial charge in [0.1, 0.15) is 0 Å². The molecule has 3 nitrogen and oxygen atoms in total. The van der Waals surface area contributed by atoms with Crippen LogP contribution >= 0.6 is 0 Å². The van der Waals surface area contributed by atoms with Gasteiger partial charge in [-0.05, 0) is 50.0 Å². The van der Waals surface area contributed by atoms with Gasteiger partial charge >= 0.3 is 0 Å².